The van der Waals surface area contributed by atoms with E-state index in [-0.39, 0.29) is 5.91 Å². The minimum atomic E-state index is 0.219. The predicted octanol–water partition coefficient (Wildman–Crippen LogP) is 1.11. The van der Waals surface area contributed by atoms with Crippen molar-refractivity contribution in [1.82, 2.24) is 10.2 Å². The maximum absolute atomic E-state index is 11.7. The summed E-state index contributed by atoms with van der Waals surface area (Å²) in [6.45, 7) is 3.01. The first-order chi connectivity index (χ1) is 8.33. The summed E-state index contributed by atoms with van der Waals surface area (Å²) in [4.78, 5) is 13.6. The number of nitrogens with one attached hydrogen (secondary N) is 1. The van der Waals surface area contributed by atoms with E-state index in [0.717, 1.165) is 19.6 Å². The van der Waals surface area contributed by atoms with Gasteiger partial charge in [0.2, 0.25) is 5.91 Å². The van der Waals surface area contributed by atoms with E-state index in [1.807, 2.05) is 4.90 Å². The fourth-order valence-corrected chi connectivity index (χ4v) is 2.76. The summed E-state index contributed by atoms with van der Waals surface area (Å²) in [5.41, 5.74) is 4.27. The molecule has 3 nitrogen and oxygen atoms in total. The van der Waals surface area contributed by atoms with Gasteiger partial charge < -0.3 is 10.2 Å². The first-order valence-electron chi connectivity index (χ1n) is 6.42. The molecule has 0 atom stereocenters. The minimum Gasteiger partial charge on any atom is -0.336 e. The van der Waals surface area contributed by atoms with Crippen molar-refractivity contribution in [2.45, 2.75) is 25.8 Å². The Kier molecular flexibility index (Phi) is 2.85. The number of carbonyl (C=O) groups is 1. The number of hydrogen-bond donors (Lipinski definition) is 1. The van der Waals surface area contributed by atoms with E-state index < -0.39 is 0 Å². The van der Waals surface area contributed by atoms with Crippen molar-refractivity contribution in [2.75, 3.05) is 19.6 Å². The number of hydrogen-bond acceptors (Lipinski definition) is 2. The van der Waals surface area contributed by atoms with Crippen molar-refractivity contribution in [2.24, 2.45) is 0 Å². The van der Waals surface area contributed by atoms with Gasteiger partial charge in [0, 0.05) is 19.6 Å². The van der Waals surface area contributed by atoms with Gasteiger partial charge in [-0.3, -0.25) is 4.79 Å². The van der Waals surface area contributed by atoms with E-state index in [2.05, 4.69) is 23.5 Å². The van der Waals surface area contributed by atoms with Crippen LogP contribution in [0.15, 0.2) is 18.2 Å². The van der Waals surface area contributed by atoms with Gasteiger partial charge in [0.1, 0.15) is 0 Å². The molecule has 1 aliphatic heterocycles. The van der Waals surface area contributed by atoms with Crippen LogP contribution >= 0.6 is 0 Å². The zero-order chi connectivity index (χ0) is 11.7. The summed E-state index contributed by atoms with van der Waals surface area (Å²) in [5.74, 6) is 0.219. The highest BCUT2D eigenvalue weighted by Gasteiger charge is 2.18. The third kappa shape index (κ3) is 2.20. The van der Waals surface area contributed by atoms with Crippen molar-refractivity contribution in [3.63, 3.8) is 0 Å². The lowest BCUT2D eigenvalue weighted by atomic mass is 10.1. The zero-order valence-corrected chi connectivity index (χ0v) is 10.0. The van der Waals surface area contributed by atoms with E-state index in [4.69, 9.17) is 0 Å². The lowest BCUT2D eigenvalue weighted by molar-refractivity contribution is -0.132. The summed E-state index contributed by atoms with van der Waals surface area (Å²) in [6, 6.07) is 6.71. The van der Waals surface area contributed by atoms with Crippen LogP contribution in [-0.2, 0) is 24.2 Å². The lowest BCUT2D eigenvalue weighted by Gasteiger charge is -2.27. The summed E-state index contributed by atoms with van der Waals surface area (Å²) < 4.78 is 0. The van der Waals surface area contributed by atoms with Crippen molar-refractivity contribution >= 4 is 5.91 Å². The molecule has 1 fully saturated rings. The molecule has 1 heterocycles. The van der Waals surface area contributed by atoms with Gasteiger partial charge in [-0.25, -0.2) is 0 Å². The molecule has 0 saturated carbocycles. The smallest absolute Gasteiger partial charge is 0.236 e. The molecular weight excluding hydrogens is 212 g/mol. The van der Waals surface area contributed by atoms with E-state index in [1.54, 1.807) is 0 Å². The Morgan fingerprint density at radius 1 is 1.24 bits per heavy atom. The first kappa shape index (κ1) is 10.8. The van der Waals surface area contributed by atoms with E-state index >= 15 is 0 Å². The van der Waals surface area contributed by atoms with Gasteiger partial charge in [-0.2, -0.15) is 0 Å². The van der Waals surface area contributed by atoms with E-state index in [0.29, 0.717) is 6.54 Å². The van der Waals surface area contributed by atoms with Crippen LogP contribution in [0.2, 0.25) is 0 Å². The number of aryl methyl sites for hydroxylation is 2. The average Bonchev–Trinajstić information content (AvgIpc) is 2.79. The second-order valence-electron chi connectivity index (χ2n) is 4.95. The summed E-state index contributed by atoms with van der Waals surface area (Å²) >= 11 is 0. The molecule has 2 aliphatic rings. The first-order valence-corrected chi connectivity index (χ1v) is 6.42. The molecule has 1 N–H and O–H groups in total. The monoisotopic (exact) mass is 230 g/mol. The molecule has 0 spiro atoms. The summed E-state index contributed by atoms with van der Waals surface area (Å²) in [5, 5.41) is 3.10. The molecule has 0 aromatic heterocycles. The molecule has 1 aromatic carbocycles. The molecule has 0 unspecified atom stereocenters. The van der Waals surface area contributed by atoms with Crippen LogP contribution in [0.4, 0.5) is 0 Å². The maximum Gasteiger partial charge on any atom is 0.236 e. The second kappa shape index (κ2) is 4.49. The zero-order valence-electron chi connectivity index (χ0n) is 10.0. The number of piperazine rings is 1. The lowest BCUT2D eigenvalue weighted by Crippen LogP contribution is -2.47. The van der Waals surface area contributed by atoms with Gasteiger partial charge in [0.25, 0.3) is 0 Å². The quantitative estimate of drug-likeness (QED) is 0.825. The Bertz CT molecular complexity index is 442. The number of carbonyl (C=O) groups excluding carboxylic acids is 1. The van der Waals surface area contributed by atoms with Crippen LogP contribution in [0.3, 0.4) is 0 Å². The third-order valence-electron chi connectivity index (χ3n) is 3.72. The van der Waals surface area contributed by atoms with Crippen molar-refractivity contribution in [3.05, 3.63) is 34.9 Å². The molecular formula is C14H18N2O. The van der Waals surface area contributed by atoms with Crippen molar-refractivity contribution in [1.29, 1.82) is 0 Å². The molecule has 1 saturated heterocycles. The number of rotatable bonds is 2. The van der Waals surface area contributed by atoms with Gasteiger partial charge in [0.05, 0.1) is 6.54 Å². The molecule has 3 rings (SSSR count). The molecule has 3 heteroatoms. The number of fused-ring (bicyclic) bond motifs is 1. The van der Waals surface area contributed by atoms with Gasteiger partial charge in [-0.15, -0.1) is 0 Å². The molecule has 0 radical (unpaired) electrons. The molecule has 17 heavy (non-hydrogen) atoms. The second-order valence-corrected chi connectivity index (χ2v) is 4.95. The molecule has 1 aliphatic carbocycles. The Hall–Kier alpha value is -1.35. The van der Waals surface area contributed by atoms with Crippen molar-refractivity contribution in [3.8, 4) is 0 Å². The average molecular weight is 230 g/mol. The molecule has 1 aromatic rings. The van der Waals surface area contributed by atoms with Crippen LogP contribution < -0.4 is 5.32 Å². The van der Waals surface area contributed by atoms with Gasteiger partial charge in [-0.05, 0) is 36.0 Å². The standard InChI is InChI=1S/C14H18N2O/c17-14-9-15-6-7-16(14)10-11-4-5-12-2-1-3-13(12)8-11/h4-5,8,15H,1-3,6-7,9-10H2. The SMILES string of the molecule is O=C1CNCCN1Cc1ccc2c(c1)CCC2. The summed E-state index contributed by atoms with van der Waals surface area (Å²) in [6.07, 6.45) is 3.71. The van der Waals surface area contributed by atoms with Crippen LogP contribution in [0.5, 0.6) is 0 Å². The van der Waals surface area contributed by atoms with Crippen LogP contribution in [0.1, 0.15) is 23.1 Å². The van der Waals surface area contributed by atoms with Crippen molar-refractivity contribution < 1.29 is 4.79 Å². The normalized spacial score (nSPS) is 19.5. The predicted molar refractivity (Wildman–Crippen MR) is 66.8 cm³/mol. The number of amides is 1. The van der Waals surface area contributed by atoms with Crippen LogP contribution in [0, 0.1) is 0 Å². The molecule has 90 valence electrons. The van der Waals surface area contributed by atoms with E-state index in [9.17, 15) is 4.79 Å². The Morgan fingerprint density at radius 2 is 2.12 bits per heavy atom. The fourth-order valence-electron chi connectivity index (χ4n) is 2.76. The van der Waals surface area contributed by atoms with Gasteiger partial charge >= 0.3 is 0 Å². The Morgan fingerprint density at radius 3 is 3.00 bits per heavy atom. The van der Waals surface area contributed by atoms with E-state index in [1.165, 1.54) is 36.0 Å². The molecule has 1 amide bonds. The topological polar surface area (TPSA) is 32.3 Å². The number of benzene rings is 1. The van der Waals surface area contributed by atoms with Gasteiger partial charge in [0.15, 0.2) is 0 Å². The highest BCUT2D eigenvalue weighted by atomic mass is 16.2. The minimum absolute atomic E-state index is 0.219. The Labute approximate surface area is 102 Å². The highest BCUT2D eigenvalue weighted by Crippen LogP contribution is 2.23. The third-order valence-corrected chi connectivity index (χ3v) is 3.72. The summed E-state index contributed by atoms with van der Waals surface area (Å²) in [7, 11) is 0. The largest absolute Gasteiger partial charge is 0.336 e. The Balaban J connectivity index is 1.74. The van der Waals surface area contributed by atoms with Crippen LogP contribution in [-0.4, -0.2) is 30.4 Å². The number of nitrogens with zero attached hydrogens (tertiary/aromatic N) is 1. The van der Waals surface area contributed by atoms with Crippen LogP contribution in [0.25, 0.3) is 0 Å². The maximum atomic E-state index is 11.7. The molecule has 0 bridgehead atoms. The highest BCUT2D eigenvalue weighted by molar-refractivity contribution is 5.79. The fraction of sp³-hybridized carbons (Fsp3) is 0.500. The van der Waals surface area contributed by atoms with Gasteiger partial charge in [-0.1, -0.05) is 18.2 Å².